The molecule has 0 N–H and O–H groups in total. The molecular formula is C28H36ClN5O2. The van der Waals surface area contributed by atoms with Crippen molar-refractivity contribution in [1.82, 2.24) is 19.8 Å². The number of anilines is 1. The molecule has 192 valence electrons. The predicted octanol–water partition coefficient (Wildman–Crippen LogP) is 3.65. The quantitative estimate of drug-likeness (QED) is 0.613. The number of rotatable bonds is 5. The highest BCUT2D eigenvalue weighted by molar-refractivity contribution is 6.30. The standard InChI is InChI=1S/C28H36ClN5O2/c1-19-3-8-23-25(19)26(31-18-30-23)33-11-13-34(14-12-33)27(35)28(20-4-6-21(29)7-5-20)17-24(28)32(2)22-9-15-36-16-10-22/h4-7,18-19,22,24H,3,8-17H2,1-2H3/t19-,24?,28?/m1/s1. The van der Waals surface area contributed by atoms with E-state index in [2.05, 4.69) is 50.8 Å². The zero-order chi connectivity index (χ0) is 24.9. The molecule has 2 saturated heterocycles. The van der Waals surface area contributed by atoms with Gasteiger partial charge in [-0.2, -0.15) is 0 Å². The number of nitrogens with zero attached hydrogens (tertiary/aromatic N) is 5. The Kier molecular flexibility index (Phi) is 6.42. The number of halogens is 1. The van der Waals surface area contributed by atoms with Gasteiger partial charge in [0.1, 0.15) is 12.1 Å². The SMILES string of the molecule is C[C@@H]1CCc2ncnc(N3CCN(C(=O)C4(c5ccc(Cl)cc5)CC4N(C)C4CCOCC4)CC3)c21. The Morgan fingerprint density at radius 3 is 2.53 bits per heavy atom. The Balaban J connectivity index is 1.21. The largest absolute Gasteiger partial charge is 0.381 e. The van der Waals surface area contributed by atoms with Crippen molar-refractivity contribution in [2.45, 2.75) is 62.4 Å². The zero-order valence-electron chi connectivity index (χ0n) is 21.3. The molecule has 6 rings (SSSR count). The molecule has 3 atom stereocenters. The van der Waals surface area contributed by atoms with Gasteiger partial charge in [0, 0.05) is 67.8 Å². The summed E-state index contributed by atoms with van der Waals surface area (Å²) in [5, 5.41) is 0.705. The molecule has 8 heteroatoms. The van der Waals surface area contributed by atoms with Crippen LogP contribution in [0.15, 0.2) is 30.6 Å². The second-order valence-electron chi connectivity index (χ2n) is 11.0. The van der Waals surface area contributed by atoms with E-state index in [0.717, 1.165) is 82.9 Å². The van der Waals surface area contributed by atoms with Gasteiger partial charge in [-0.25, -0.2) is 9.97 Å². The van der Waals surface area contributed by atoms with E-state index in [1.165, 1.54) is 11.3 Å². The van der Waals surface area contributed by atoms with Crippen LogP contribution in [0, 0.1) is 0 Å². The molecule has 36 heavy (non-hydrogen) atoms. The van der Waals surface area contributed by atoms with Crippen LogP contribution >= 0.6 is 11.6 Å². The predicted molar refractivity (Wildman–Crippen MR) is 141 cm³/mol. The Morgan fingerprint density at radius 1 is 1.08 bits per heavy atom. The van der Waals surface area contributed by atoms with E-state index in [4.69, 9.17) is 16.3 Å². The van der Waals surface area contributed by atoms with Crippen molar-refractivity contribution in [3.8, 4) is 0 Å². The summed E-state index contributed by atoms with van der Waals surface area (Å²) in [5.74, 6) is 1.83. The lowest BCUT2D eigenvalue weighted by Crippen LogP contribution is -2.53. The van der Waals surface area contributed by atoms with E-state index >= 15 is 0 Å². The number of carbonyl (C=O) groups is 1. The number of likely N-dealkylation sites (N-methyl/N-ethyl adjacent to an activating group) is 1. The first-order valence-corrected chi connectivity index (χ1v) is 13.8. The highest BCUT2D eigenvalue weighted by Gasteiger charge is 2.64. The molecule has 2 aliphatic carbocycles. The van der Waals surface area contributed by atoms with E-state index in [0.29, 0.717) is 17.0 Å². The van der Waals surface area contributed by atoms with Gasteiger partial charge in [-0.1, -0.05) is 30.7 Å². The fourth-order valence-electron chi connectivity index (χ4n) is 6.77. The summed E-state index contributed by atoms with van der Waals surface area (Å²) in [4.78, 5) is 30.4. The molecule has 4 aliphatic rings. The first-order valence-electron chi connectivity index (χ1n) is 13.4. The average molecular weight is 510 g/mol. The third kappa shape index (κ3) is 4.09. The van der Waals surface area contributed by atoms with Gasteiger partial charge in [0.05, 0.1) is 5.41 Å². The summed E-state index contributed by atoms with van der Waals surface area (Å²) >= 11 is 6.22. The van der Waals surface area contributed by atoms with Crippen molar-refractivity contribution in [3.63, 3.8) is 0 Å². The van der Waals surface area contributed by atoms with Crippen LogP contribution in [0.4, 0.5) is 5.82 Å². The summed E-state index contributed by atoms with van der Waals surface area (Å²) in [6.07, 6.45) is 6.80. The monoisotopic (exact) mass is 509 g/mol. The summed E-state index contributed by atoms with van der Waals surface area (Å²) in [7, 11) is 2.19. The van der Waals surface area contributed by atoms with Crippen molar-refractivity contribution in [2.24, 2.45) is 0 Å². The molecule has 0 bridgehead atoms. The second kappa shape index (κ2) is 9.58. The van der Waals surface area contributed by atoms with E-state index in [1.54, 1.807) is 6.33 Å². The first kappa shape index (κ1) is 24.1. The van der Waals surface area contributed by atoms with Gasteiger partial charge in [-0.15, -0.1) is 0 Å². The van der Waals surface area contributed by atoms with Crippen molar-refractivity contribution in [2.75, 3.05) is 51.3 Å². The molecule has 3 fully saturated rings. The molecule has 0 spiro atoms. The number of aromatic nitrogens is 2. The molecule has 1 saturated carbocycles. The lowest BCUT2D eigenvalue weighted by Gasteiger charge is -2.39. The molecule has 1 amide bonds. The van der Waals surface area contributed by atoms with Crippen LogP contribution in [-0.2, 0) is 21.4 Å². The minimum atomic E-state index is -0.496. The fraction of sp³-hybridized carbons (Fsp3) is 0.607. The average Bonchev–Trinajstić information content (AvgIpc) is 3.57. The Morgan fingerprint density at radius 2 is 1.81 bits per heavy atom. The van der Waals surface area contributed by atoms with Crippen LogP contribution < -0.4 is 4.90 Å². The van der Waals surface area contributed by atoms with E-state index < -0.39 is 5.41 Å². The van der Waals surface area contributed by atoms with Crippen LogP contribution in [0.5, 0.6) is 0 Å². The Labute approximate surface area is 218 Å². The summed E-state index contributed by atoms with van der Waals surface area (Å²) in [6, 6.07) is 8.62. The normalized spacial score (nSPS) is 28.4. The lowest BCUT2D eigenvalue weighted by atomic mass is 9.92. The third-order valence-electron chi connectivity index (χ3n) is 9.04. The smallest absolute Gasteiger partial charge is 0.235 e. The maximum atomic E-state index is 14.2. The molecule has 7 nitrogen and oxygen atoms in total. The number of piperazine rings is 1. The number of amides is 1. The molecule has 2 aromatic rings. The van der Waals surface area contributed by atoms with Crippen LogP contribution in [0.25, 0.3) is 0 Å². The molecule has 2 aliphatic heterocycles. The molecule has 1 aromatic heterocycles. The van der Waals surface area contributed by atoms with Crippen molar-refractivity contribution < 1.29 is 9.53 Å². The van der Waals surface area contributed by atoms with Gasteiger partial charge in [0.2, 0.25) is 5.91 Å². The van der Waals surface area contributed by atoms with Crippen molar-refractivity contribution in [1.29, 1.82) is 0 Å². The minimum Gasteiger partial charge on any atom is -0.381 e. The van der Waals surface area contributed by atoms with E-state index in [1.807, 2.05) is 12.1 Å². The maximum absolute atomic E-state index is 14.2. The van der Waals surface area contributed by atoms with E-state index in [9.17, 15) is 4.79 Å². The third-order valence-corrected chi connectivity index (χ3v) is 9.29. The van der Waals surface area contributed by atoms with Crippen LogP contribution in [0.2, 0.25) is 5.02 Å². The molecule has 3 heterocycles. The fourth-order valence-corrected chi connectivity index (χ4v) is 6.90. The first-order chi connectivity index (χ1) is 17.5. The molecular weight excluding hydrogens is 474 g/mol. The molecule has 0 radical (unpaired) electrons. The van der Waals surface area contributed by atoms with Gasteiger partial charge < -0.3 is 14.5 Å². The van der Waals surface area contributed by atoms with Gasteiger partial charge in [0.25, 0.3) is 0 Å². The van der Waals surface area contributed by atoms with Crippen molar-refractivity contribution >= 4 is 23.3 Å². The van der Waals surface area contributed by atoms with Gasteiger partial charge in [-0.3, -0.25) is 9.69 Å². The number of hydrogen-bond donors (Lipinski definition) is 0. The number of ether oxygens (including phenoxy) is 1. The molecule has 2 unspecified atom stereocenters. The second-order valence-corrected chi connectivity index (χ2v) is 11.4. The number of fused-ring (bicyclic) bond motifs is 1. The Hall–Kier alpha value is -2.22. The number of aryl methyl sites for hydroxylation is 1. The lowest BCUT2D eigenvalue weighted by molar-refractivity contribution is -0.135. The van der Waals surface area contributed by atoms with Gasteiger partial charge >= 0.3 is 0 Å². The van der Waals surface area contributed by atoms with Crippen LogP contribution in [0.3, 0.4) is 0 Å². The van der Waals surface area contributed by atoms with E-state index in [-0.39, 0.29) is 11.9 Å². The maximum Gasteiger partial charge on any atom is 0.235 e. The zero-order valence-corrected chi connectivity index (χ0v) is 22.1. The molecule has 1 aromatic carbocycles. The summed E-state index contributed by atoms with van der Waals surface area (Å²) in [5.41, 5.74) is 3.11. The van der Waals surface area contributed by atoms with Crippen LogP contribution in [0.1, 0.15) is 55.3 Å². The van der Waals surface area contributed by atoms with Crippen LogP contribution in [-0.4, -0.2) is 84.2 Å². The topological polar surface area (TPSA) is 61.8 Å². The summed E-state index contributed by atoms with van der Waals surface area (Å²) < 4.78 is 5.59. The number of carbonyl (C=O) groups excluding carboxylic acids is 1. The number of hydrogen-bond acceptors (Lipinski definition) is 6. The minimum absolute atomic E-state index is 0.207. The van der Waals surface area contributed by atoms with Crippen molar-refractivity contribution in [3.05, 3.63) is 52.4 Å². The highest BCUT2D eigenvalue weighted by atomic mass is 35.5. The highest BCUT2D eigenvalue weighted by Crippen LogP contribution is 2.54. The Bertz CT molecular complexity index is 1110. The summed E-state index contributed by atoms with van der Waals surface area (Å²) in [6.45, 7) is 6.92. The number of benzene rings is 1. The van der Waals surface area contributed by atoms with Gasteiger partial charge in [0.15, 0.2) is 0 Å². The van der Waals surface area contributed by atoms with Gasteiger partial charge in [-0.05, 0) is 62.8 Å².